The molecule has 6 rings (SSSR count). The Morgan fingerprint density at radius 1 is 1.31 bits per heavy atom. The van der Waals surface area contributed by atoms with Gasteiger partial charge in [-0.05, 0) is 38.5 Å². The number of amides is 2. The number of piperazine rings is 1. The van der Waals surface area contributed by atoms with Gasteiger partial charge in [-0.25, -0.2) is 0 Å². The van der Waals surface area contributed by atoms with Gasteiger partial charge in [0.2, 0.25) is 11.8 Å². The van der Waals surface area contributed by atoms with Crippen LogP contribution < -0.4 is 10.6 Å². The number of anilines is 1. The van der Waals surface area contributed by atoms with Gasteiger partial charge in [0.25, 0.3) is 0 Å². The monoisotopic (exact) mass is 496 g/mol. The Labute approximate surface area is 208 Å². The third-order valence-electron chi connectivity index (χ3n) is 7.41. The summed E-state index contributed by atoms with van der Waals surface area (Å²) in [5.74, 6) is -0.152. The first-order valence-corrected chi connectivity index (χ1v) is 12.4. The molecule has 3 fully saturated rings. The van der Waals surface area contributed by atoms with Crippen LogP contribution in [0, 0.1) is 0 Å². The topological polar surface area (TPSA) is 103 Å². The van der Waals surface area contributed by atoms with Gasteiger partial charge in [0, 0.05) is 53.7 Å². The number of halogens is 1. The minimum Gasteiger partial charge on any atom is -0.372 e. The average Bonchev–Trinajstić information content (AvgIpc) is 3.53. The Morgan fingerprint density at radius 3 is 2.94 bits per heavy atom. The Bertz CT molecular complexity index is 1320. The van der Waals surface area contributed by atoms with E-state index in [1.165, 1.54) is 0 Å². The number of carbonyl (C=O) groups excluding carboxylic acids is 2. The third-order valence-corrected chi connectivity index (χ3v) is 7.62. The molecule has 0 saturated carbocycles. The number of pyridine rings is 1. The normalized spacial score (nSPS) is 26.0. The van der Waals surface area contributed by atoms with E-state index in [9.17, 15) is 9.59 Å². The number of aromatic amines is 1. The number of benzene rings is 1. The zero-order valence-electron chi connectivity index (χ0n) is 19.8. The van der Waals surface area contributed by atoms with Crippen LogP contribution in [0.5, 0.6) is 0 Å². The van der Waals surface area contributed by atoms with Crippen molar-refractivity contribution in [1.29, 1.82) is 0 Å². The second kappa shape index (κ2) is 8.44. The summed E-state index contributed by atoms with van der Waals surface area (Å²) in [7, 11) is 0. The largest absolute Gasteiger partial charge is 0.372 e. The van der Waals surface area contributed by atoms with Crippen LogP contribution in [0.15, 0.2) is 30.6 Å². The molecule has 3 saturated heterocycles. The molecule has 1 aromatic carbocycles. The lowest BCUT2D eigenvalue weighted by atomic mass is 10.0. The van der Waals surface area contributed by atoms with Gasteiger partial charge >= 0.3 is 0 Å². The first kappa shape index (κ1) is 22.7. The van der Waals surface area contributed by atoms with E-state index >= 15 is 0 Å². The summed E-state index contributed by atoms with van der Waals surface area (Å²) in [6, 6.07) is 5.58. The van der Waals surface area contributed by atoms with Gasteiger partial charge in [0.15, 0.2) is 0 Å². The van der Waals surface area contributed by atoms with Crippen LogP contribution in [0.4, 0.5) is 5.69 Å². The number of morpholine rings is 1. The van der Waals surface area contributed by atoms with Gasteiger partial charge in [0.1, 0.15) is 6.04 Å². The molecule has 5 heterocycles. The summed E-state index contributed by atoms with van der Waals surface area (Å²) in [6.07, 6.45) is 4.49. The van der Waals surface area contributed by atoms with E-state index in [1.54, 1.807) is 18.5 Å². The first-order chi connectivity index (χ1) is 16.8. The third kappa shape index (κ3) is 4.16. The number of hydrogen-bond acceptors (Lipinski definition) is 6. The minimum atomic E-state index is -0.593. The summed E-state index contributed by atoms with van der Waals surface area (Å²) in [5.41, 5.74) is 1.79. The summed E-state index contributed by atoms with van der Waals surface area (Å²) in [5, 5.41) is 8.90. The summed E-state index contributed by atoms with van der Waals surface area (Å²) in [6.45, 7) is 6.44. The van der Waals surface area contributed by atoms with Gasteiger partial charge < -0.3 is 25.3 Å². The number of H-pyrrole nitrogens is 1. The van der Waals surface area contributed by atoms with Crippen LogP contribution in [-0.2, 0) is 14.3 Å². The summed E-state index contributed by atoms with van der Waals surface area (Å²) >= 11 is 6.42. The second-order valence-corrected chi connectivity index (χ2v) is 10.9. The smallest absolute Gasteiger partial charge is 0.244 e. The van der Waals surface area contributed by atoms with Crippen molar-refractivity contribution >= 4 is 50.9 Å². The predicted molar refractivity (Wildman–Crippen MR) is 135 cm³/mol. The minimum absolute atomic E-state index is 0.0720. The quantitative estimate of drug-likeness (QED) is 0.512. The van der Waals surface area contributed by atoms with Crippen molar-refractivity contribution in [2.45, 2.75) is 44.0 Å². The standard InChI is InChI=1S/C25H29ClN6O3/c1-25(2)13-31(11-22(33)32-10-15-7-16(32)8-28-15)21(12-35-25)24(34)30-19-6-14(26)5-18-17-3-4-27-9-20(17)29-23(18)19/h3-6,9,15-16,21,28-29H,7-8,10-13H2,1-2H3,(H,30,34)/t15-,16-,21-/m0/s1. The molecule has 2 amide bonds. The van der Waals surface area contributed by atoms with Gasteiger partial charge in [-0.2, -0.15) is 0 Å². The maximum Gasteiger partial charge on any atom is 0.244 e. The van der Waals surface area contributed by atoms with Crippen LogP contribution in [-0.4, -0.2) is 88.1 Å². The highest BCUT2D eigenvalue weighted by molar-refractivity contribution is 6.33. The average molecular weight is 497 g/mol. The Hall–Kier alpha value is -2.72. The Morgan fingerprint density at radius 2 is 2.17 bits per heavy atom. The summed E-state index contributed by atoms with van der Waals surface area (Å²) in [4.78, 5) is 38.2. The molecule has 3 N–H and O–H groups in total. The van der Waals surface area contributed by atoms with E-state index < -0.39 is 11.6 Å². The number of nitrogens with one attached hydrogen (secondary N) is 3. The molecule has 0 aliphatic carbocycles. The maximum atomic E-state index is 13.6. The van der Waals surface area contributed by atoms with E-state index in [0.717, 1.165) is 41.3 Å². The molecule has 3 aliphatic rings. The summed E-state index contributed by atoms with van der Waals surface area (Å²) < 4.78 is 6.00. The lowest BCUT2D eigenvalue weighted by Crippen LogP contribution is -2.61. The fraction of sp³-hybridized carbons (Fsp3) is 0.480. The van der Waals surface area contributed by atoms with E-state index in [2.05, 4.69) is 20.6 Å². The Kier molecular flexibility index (Phi) is 5.48. The molecule has 0 unspecified atom stereocenters. The molecule has 35 heavy (non-hydrogen) atoms. The molecule has 3 atom stereocenters. The molecular formula is C25H29ClN6O3. The second-order valence-electron chi connectivity index (χ2n) is 10.4. The SMILES string of the molecule is CC1(C)CN(CC(=O)N2C[C@@H]3C[C@H]2CN3)[C@H](C(=O)Nc2cc(Cl)cc3c2[nH]c2cnccc23)CO1. The molecule has 184 valence electrons. The van der Waals surface area contributed by atoms with Gasteiger partial charge in [0.05, 0.1) is 41.7 Å². The lowest BCUT2D eigenvalue weighted by Gasteiger charge is -2.43. The number of rotatable bonds is 4. The number of ether oxygens (including phenoxy) is 1. The molecule has 0 spiro atoms. The highest BCUT2D eigenvalue weighted by Gasteiger charge is 2.43. The number of fused-ring (bicyclic) bond motifs is 5. The number of hydrogen-bond donors (Lipinski definition) is 3. The number of nitrogens with zero attached hydrogens (tertiary/aromatic N) is 3. The molecule has 10 heteroatoms. The number of aromatic nitrogens is 2. The Balaban J connectivity index is 1.25. The van der Waals surface area contributed by atoms with Gasteiger partial charge in [-0.15, -0.1) is 0 Å². The van der Waals surface area contributed by atoms with Crippen molar-refractivity contribution in [2.24, 2.45) is 0 Å². The van der Waals surface area contributed by atoms with Crippen molar-refractivity contribution < 1.29 is 14.3 Å². The number of carbonyl (C=O) groups is 2. The molecule has 2 bridgehead atoms. The van der Waals surface area contributed by atoms with Gasteiger partial charge in [-0.1, -0.05) is 11.6 Å². The van der Waals surface area contributed by atoms with Crippen molar-refractivity contribution in [2.75, 3.05) is 38.1 Å². The maximum absolute atomic E-state index is 13.6. The number of likely N-dealkylation sites (tertiary alicyclic amines) is 1. The van der Waals surface area contributed by atoms with Crippen LogP contribution >= 0.6 is 11.6 Å². The van der Waals surface area contributed by atoms with Crippen molar-refractivity contribution in [3.05, 3.63) is 35.6 Å². The van der Waals surface area contributed by atoms with E-state index in [-0.39, 0.29) is 31.0 Å². The highest BCUT2D eigenvalue weighted by Crippen LogP contribution is 2.34. The molecule has 2 aromatic heterocycles. The van der Waals surface area contributed by atoms with Crippen molar-refractivity contribution in [3.8, 4) is 0 Å². The van der Waals surface area contributed by atoms with E-state index in [4.69, 9.17) is 16.3 Å². The highest BCUT2D eigenvalue weighted by atomic mass is 35.5. The van der Waals surface area contributed by atoms with E-state index in [0.29, 0.717) is 23.3 Å². The van der Waals surface area contributed by atoms with Crippen LogP contribution in [0.2, 0.25) is 5.02 Å². The molecule has 9 nitrogen and oxygen atoms in total. The molecule has 3 aliphatic heterocycles. The zero-order chi connectivity index (χ0) is 24.3. The van der Waals surface area contributed by atoms with Crippen LogP contribution in [0.25, 0.3) is 21.8 Å². The van der Waals surface area contributed by atoms with Crippen molar-refractivity contribution in [3.63, 3.8) is 0 Å². The fourth-order valence-corrected chi connectivity index (χ4v) is 5.94. The van der Waals surface area contributed by atoms with Crippen LogP contribution in [0.1, 0.15) is 20.3 Å². The molecule has 0 radical (unpaired) electrons. The lowest BCUT2D eigenvalue weighted by molar-refractivity contribution is -0.150. The van der Waals surface area contributed by atoms with Gasteiger partial charge in [-0.3, -0.25) is 19.5 Å². The van der Waals surface area contributed by atoms with Crippen molar-refractivity contribution in [1.82, 2.24) is 25.1 Å². The van der Waals surface area contributed by atoms with E-state index in [1.807, 2.05) is 35.8 Å². The first-order valence-electron chi connectivity index (χ1n) is 12.0. The zero-order valence-corrected chi connectivity index (χ0v) is 20.6. The van der Waals surface area contributed by atoms with Crippen LogP contribution in [0.3, 0.4) is 0 Å². The fourth-order valence-electron chi connectivity index (χ4n) is 5.73. The molecule has 3 aromatic rings. The predicted octanol–water partition coefficient (Wildman–Crippen LogP) is 2.36. The molecular weight excluding hydrogens is 468 g/mol.